The maximum absolute atomic E-state index is 15.9. The van der Waals surface area contributed by atoms with Gasteiger partial charge in [0.05, 0.1) is 46.6 Å². The Hall–Kier alpha value is -5.87. The van der Waals surface area contributed by atoms with Crippen LogP contribution in [-0.4, -0.2) is 104 Å². The Bertz CT molecular complexity index is 3540. The van der Waals surface area contributed by atoms with Crippen molar-refractivity contribution in [3.63, 3.8) is 0 Å². The minimum Gasteiger partial charge on any atom is -0.427 e. The zero-order chi connectivity index (χ0) is 63.5. The zero-order valence-electron chi connectivity index (χ0n) is 53.7. The smallest absolute Gasteiger partial charge is 0.340 e. The zero-order valence-corrected chi connectivity index (χ0v) is 55.3. The molecule has 16 rings (SSSR count). The number of carbonyl (C=O) groups is 4. The predicted molar refractivity (Wildman–Crippen MR) is 358 cm³/mol. The van der Waals surface area contributed by atoms with Crippen LogP contribution in [0.5, 0.6) is 0 Å². The number of hydrogen-bond acceptors (Lipinski definition) is 15. The van der Waals surface area contributed by atoms with E-state index in [0.29, 0.717) is 85.6 Å². The minimum atomic E-state index is -1.05. The summed E-state index contributed by atoms with van der Waals surface area (Å²) in [6.45, 7) is 3.21. The van der Waals surface area contributed by atoms with Crippen LogP contribution in [0.2, 0.25) is 0 Å². The highest BCUT2D eigenvalue weighted by Crippen LogP contribution is 2.72. The number of fused-ring (bicyclic) bond motifs is 4. The first kappa shape index (κ1) is 63.2. The van der Waals surface area contributed by atoms with Gasteiger partial charge in [-0.2, -0.15) is 0 Å². The lowest BCUT2D eigenvalue weighted by atomic mass is 9.43. The molecule has 9 aliphatic carbocycles. The van der Waals surface area contributed by atoms with Crippen molar-refractivity contribution in [2.24, 2.45) is 93.7 Å². The fraction of sp³-hybridized carbons (Fsp3) is 0.592. The Morgan fingerprint density at radius 2 is 1.72 bits per heavy atom. The average Bonchev–Trinajstić information content (AvgIpc) is 1.59. The van der Waals surface area contributed by atoms with Crippen molar-refractivity contribution >= 4 is 45.3 Å². The number of imidazole rings is 1. The molecule has 5 aliphatic heterocycles. The first-order valence-electron chi connectivity index (χ1n) is 35.4. The Morgan fingerprint density at radius 1 is 0.882 bits per heavy atom. The number of esters is 2. The van der Waals surface area contributed by atoms with E-state index in [0.717, 1.165) is 130 Å². The van der Waals surface area contributed by atoms with Gasteiger partial charge in [-0.1, -0.05) is 115 Å². The van der Waals surface area contributed by atoms with Gasteiger partial charge >= 0.3 is 11.9 Å². The molecule has 93 heavy (non-hydrogen) atoms. The summed E-state index contributed by atoms with van der Waals surface area (Å²) in [5, 5.41) is 47.1. The van der Waals surface area contributed by atoms with Gasteiger partial charge in [-0.15, -0.1) is 0 Å². The van der Waals surface area contributed by atoms with E-state index in [1.807, 2.05) is 24.4 Å². The van der Waals surface area contributed by atoms with Gasteiger partial charge in [-0.05, 0) is 202 Å². The fourth-order valence-corrected chi connectivity index (χ4v) is 23.2. The number of dihydropyridines is 1. The number of aliphatic hydroxyl groups excluding tert-OH is 3. The summed E-state index contributed by atoms with van der Waals surface area (Å²) in [6, 6.07) is 10.1. The second kappa shape index (κ2) is 26.6. The highest BCUT2D eigenvalue weighted by Gasteiger charge is 2.69. The topological polar surface area (TPSA) is 215 Å². The van der Waals surface area contributed by atoms with Gasteiger partial charge in [0, 0.05) is 85.1 Å². The quantitative estimate of drug-likeness (QED) is 0.0290. The Balaban J connectivity index is 0.873. The van der Waals surface area contributed by atoms with Crippen molar-refractivity contribution < 1.29 is 44.0 Å². The summed E-state index contributed by atoms with van der Waals surface area (Å²) in [4.78, 5) is 67.7. The number of aromatic amines is 1. The molecular weight excluding hydrogens is 1210 g/mol. The third-order valence-corrected chi connectivity index (χ3v) is 27.5. The van der Waals surface area contributed by atoms with E-state index in [1.165, 1.54) is 17.1 Å². The molecule has 1 saturated heterocycles. The summed E-state index contributed by atoms with van der Waals surface area (Å²) in [6.07, 6.45) is 36.1. The molecule has 5 fully saturated rings. The molecule has 1 aromatic carbocycles. The van der Waals surface area contributed by atoms with Crippen LogP contribution in [0.3, 0.4) is 0 Å². The summed E-state index contributed by atoms with van der Waals surface area (Å²) < 4.78 is 13.6. The number of carbonyl (C=O) groups excluding carboxylic acids is 4. The van der Waals surface area contributed by atoms with Crippen molar-refractivity contribution in [3.8, 4) is 11.8 Å². The Labute approximate surface area is 555 Å². The second-order valence-corrected chi connectivity index (χ2v) is 32.3. The van der Waals surface area contributed by atoms with Gasteiger partial charge in [0.1, 0.15) is 11.5 Å². The average molecular weight is 1300 g/mol. The second-order valence-electron chi connectivity index (χ2n) is 29.8. The number of ether oxygens (including phenoxy) is 2. The van der Waals surface area contributed by atoms with Crippen LogP contribution >= 0.6 is 21.6 Å². The normalized spacial score (nSPS) is 37.6. The van der Waals surface area contributed by atoms with E-state index in [-0.39, 0.29) is 101 Å². The first-order chi connectivity index (χ1) is 45.4. The highest BCUT2D eigenvalue weighted by molar-refractivity contribution is 8.76. The number of cyclic esters (lactones) is 1. The number of H-pyrrole nitrogens is 1. The standard InChI is InChI=1S/C76H92N6O9S2/c1-2-75(26-8-9-27-75)37-62-56-19-18-55-54-24-28-76(70(55)69(56)73(88)90-62)63-21-20-57(67-51-17-15-47-14-16-50(60(84)34-44-10-4-3-5-11-44)32-46(41-83)30-45(31-51)33-58(47)67)72(79-39-61(85)53-13-7-6-12-48(53)35-52-38-77-42-80-52)93-92-43-81-64-36-49(25-29-78-64)59(68(54)71(76)74(89)91-63)40-82-65(86)22-23-66(82)87/h3-5,10-11,15,17,21-23,25,36-38,42,45-48,50-51,53-55,57-61,67,70,72,78-79,81,83-85H,2,6-9,12-13,18-20,24,26-35,39-41,43H2,1H3,(H,77,80)/b62-37-,63-21-/t45-,46+,47+,48+,50+,51+,53+,54-,55-,57-,58+,59-,60+,61-,67+,70+,72-,76-/m0/s1. The molecular formula is C76H92N6O9S2. The van der Waals surface area contributed by atoms with Crippen LogP contribution in [0.4, 0.5) is 0 Å². The molecule has 1 aromatic heterocycles. The van der Waals surface area contributed by atoms with Crippen LogP contribution < -0.4 is 16.0 Å². The SMILES string of the molecule is CCC1(/C=C2\OC(=O)C3=C2CC[C@H]2[C@@H]4CC[C@@]5(C6=C4[C@@H](CN4C(=O)C=CC4=O)C4=CCNC(=C4)NCSS[C@H](NC[C@H](O)[C@@H]4CCCC[C@@H]4Cc4cnc[nH]4)[C@H]([C@@H]4[C@@H]7C[C@H]8C[C@@H](CO)C[C@H]([C@H](O)Cc9ccccc9)C#C[C@@H]7C=C[C@@H]4C8)C/C=C/5OC6=O)[C@@H]32)CCCC1. The van der Waals surface area contributed by atoms with Gasteiger partial charge in [-0.3, -0.25) is 14.5 Å². The van der Waals surface area contributed by atoms with Crippen LogP contribution in [0, 0.1) is 106 Å². The van der Waals surface area contributed by atoms with Gasteiger partial charge in [0.15, 0.2) is 0 Å². The minimum absolute atomic E-state index is 0.0162. The number of aromatic nitrogens is 2. The number of nitrogens with one attached hydrogen (secondary N) is 4. The molecule has 14 aliphatic rings. The summed E-state index contributed by atoms with van der Waals surface area (Å²) in [5.74, 6) is 8.08. The molecule has 4 saturated carbocycles. The van der Waals surface area contributed by atoms with Crippen molar-refractivity contribution in [2.45, 2.75) is 153 Å². The molecule has 15 nitrogen and oxygen atoms in total. The molecule has 2 amide bonds. The lowest BCUT2D eigenvalue weighted by Crippen LogP contribution is -2.54. The lowest BCUT2D eigenvalue weighted by Gasteiger charge is -2.57. The maximum Gasteiger partial charge on any atom is 0.340 e. The van der Waals surface area contributed by atoms with Gasteiger partial charge in [-0.25, -0.2) is 14.6 Å². The van der Waals surface area contributed by atoms with Crippen LogP contribution in [-0.2, 0) is 41.5 Å². The number of imide groups is 1. The molecule has 1 spiro atoms. The van der Waals surface area contributed by atoms with Crippen LogP contribution in [0.25, 0.3) is 0 Å². The molecule has 2 aromatic rings. The number of hydrogen-bond donors (Lipinski definition) is 7. The number of rotatable bonds is 15. The summed E-state index contributed by atoms with van der Waals surface area (Å²) in [5.41, 5.74) is 5.16. The maximum atomic E-state index is 15.9. The summed E-state index contributed by atoms with van der Waals surface area (Å²) >= 11 is 0. The van der Waals surface area contributed by atoms with E-state index in [2.05, 4.69) is 93.3 Å². The molecule has 0 radical (unpaired) electrons. The molecule has 0 unspecified atom stereocenters. The van der Waals surface area contributed by atoms with Crippen molar-refractivity contribution in [2.75, 3.05) is 32.1 Å². The molecule has 6 heterocycles. The molecule has 10 bridgehead atoms. The van der Waals surface area contributed by atoms with Crippen molar-refractivity contribution in [3.05, 3.63) is 148 Å². The Morgan fingerprint density at radius 3 is 2.53 bits per heavy atom. The highest BCUT2D eigenvalue weighted by atomic mass is 33.1. The predicted octanol–water partition coefficient (Wildman–Crippen LogP) is 10.8. The van der Waals surface area contributed by atoms with E-state index < -0.39 is 35.4 Å². The van der Waals surface area contributed by atoms with Gasteiger partial charge < -0.3 is 45.7 Å². The van der Waals surface area contributed by atoms with Crippen LogP contribution in [0.1, 0.15) is 134 Å². The van der Waals surface area contributed by atoms with Crippen molar-refractivity contribution in [1.29, 1.82) is 0 Å². The number of nitrogens with zero attached hydrogens (tertiary/aromatic N) is 2. The van der Waals surface area contributed by atoms with Crippen molar-refractivity contribution in [1.82, 2.24) is 30.8 Å². The summed E-state index contributed by atoms with van der Waals surface area (Å²) in [7, 11) is 3.54. The number of allylic oxidation sites excluding steroid dienone is 7. The molecule has 18 atom stereocenters. The van der Waals surface area contributed by atoms with Gasteiger partial charge in [0.25, 0.3) is 11.8 Å². The third kappa shape index (κ3) is 11.9. The fourth-order valence-electron chi connectivity index (χ4n) is 20.7. The number of benzene rings is 1. The monoisotopic (exact) mass is 1300 g/mol. The van der Waals surface area contributed by atoms with Crippen LogP contribution in [0.15, 0.2) is 137 Å². The lowest BCUT2D eigenvalue weighted by molar-refractivity contribution is -0.138. The number of amides is 2. The van der Waals surface area contributed by atoms with E-state index in [4.69, 9.17) is 9.47 Å². The molecule has 17 heteroatoms. The van der Waals surface area contributed by atoms with E-state index in [9.17, 15) is 24.9 Å². The molecule has 492 valence electrons. The van der Waals surface area contributed by atoms with E-state index in [1.54, 1.807) is 27.9 Å². The number of aliphatic hydroxyl groups is 3. The Kier molecular flexibility index (Phi) is 18.1. The van der Waals surface area contributed by atoms with Gasteiger partial charge in [0.2, 0.25) is 0 Å². The molecule has 7 N–H and O–H groups in total. The van der Waals surface area contributed by atoms with E-state index >= 15 is 9.59 Å². The third-order valence-electron chi connectivity index (χ3n) is 25.0. The first-order valence-corrected chi connectivity index (χ1v) is 37.7. The largest absolute Gasteiger partial charge is 0.427 e.